The smallest absolute Gasteiger partial charge is 0.434 e. The van der Waals surface area contributed by atoms with Gasteiger partial charge in [0.15, 0.2) is 23.1 Å². The lowest BCUT2D eigenvalue weighted by molar-refractivity contribution is -0.385. The van der Waals surface area contributed by atoms with Crippen molar-refractivity contribution in [2.75, 3.05) is 0 Å². The summed E-state index contributed by atoms with van der Waals surface area (Å²) in [7, 11) is 0. The number of nitro groups is 1. The van der Waals surface area contributed by atoms with Gasteiger partial charge >= 0.3 is 11.9 Å². The van der Waals surface area contributed by atoms with Crippen LogP contribution in [0.3, 0.4) is 0 Å². The van der Waals surface area contributed by atoms with E-state index in [4.69, 9.17) is 0 Å². The van der Waals surface area contributed by atoms with Crippen molar-refractivity contribution in [3.63, 3.8) is 0 Å². The molecule has 0 saturated carbocycles. The molecule has 0 amide bonds. The number of carbonyl (C=O) groups is 1. The first kappa shape index (κ1) is 18.9. The molecule has 12 heteroatoms. The Bertz CT molecular complexity index is 1060. The van der Waals surface area contributed by atoms with Crippen LogP contribution in [0.5, 0.6) is 11.5 Å². The summed E-state index contributed by atoms with van der Waals surface area (Å²) in [6.07, 6.45) is -3.40. The van der Waals surface area contributed by atoms with Gasteiger partial charge in [0.2, 0.25) is 5.75 Å². The molecule has 1 aromatic carbocycles. The highest BCUT2D eigenvalue weighted by atomic mass is 19.4. The summed E-state index contributed by atoms with van der Waals surface area (Å²) in [5, 5.41) is 30.2. The molecule has 0 fully saturated rings. The minimum atomic E-state index is -4.92. The second-order valence-corrected chi connectivity index (χ2v) is 5.55. The minimum Gasteiger partial charge on any atom is -0.504 e. The topological polar surface area (TPSA) is 139 Å². The van der Waals surface area contributed by atoms with Crippen molar-refractivity contribution in [2.24, 2.45) is 4.99 Å². The van der Waals surface area contributed by atoms with Gasteiger partial charge < -0.3 is 10.2 Å². The van der Waals surface area contributed by atoms with Gasteiger partial charge in [-0.05, 0) is 12.1 Å². The predicted molar refractivity (Wildman–Crippen MR) is 88.5 cm³/mol. The first-order valence-corrected chi connectivity index (χ1v) is 7.51. The zero-order valence-electron chi connectivity index (χ0n) is 13.6. The van der Waals surface area contributed by atoms with E-state index in [9.17, 15) is 38.3 Å². The largest absolute Gasteiger partial charge is 0.504 e. The second-order valence-electron chi connectivity index (χ2n) is 5.55. The van der Waals surface area contributed by atoms with Crippen molar-refractivity contribution in [1.29, 1.82) is 0 Å². The number of nitro benzene ring substituents is 1. The molecule has 1 aromatic heterocycles. The molecule has 0 atom stereocenters. The molecule has 144 valence electrons. The number of alkyl halides is 3. The maximum Gasteiger partial charge on any atom is 0.434 e. The average molecular weight is 394 g/mol. The Morgan fingerprint density at radius 1 is 1.21 bits per heavy atom. The Balaban J connectivity index is 2.19. The highest BCUT2D eigenvalue weighted by molar-refractivity contribution is 6.25. The number of rotatable bonds is 3. The molecule has 2 aromatic rings. The van der Waals surface area contributed by atoms with Crippen molar-refractivity contribution in [1.82, 2.24) is 9.97 Å². The molecule has 0 spiro atoms. The normalized spacial score (nSPS) is 14.5. The molecule has 1 aliphatic heterocycles. The maximum atomic E-state index is 13.2. The van der Waals surface area contributed by atoms with Crippen LogP contribution in [0.4, 0.5) is 18.9 Å². The number of aromatic nitrogens is 2. The third-order valence-electron chi connectivity index (χ3n) is 3.72. The Labute approximate surface area is 153 Å². The molecule has 0 aliphatic carbocycles. The molecule has 3 rings (SSSR count). The van der Waals surface area contributed by atoms with Gasteiger partial charge in [0.1, 0.15) is 0 Å². The van der Waals surface area contributed by atoms with Crippen molar-refractivity contribution in [3.05, 3.63) is 46.0 Å². The fourth-order valence-corrected chi connectivity index (χ4v) is 2.50. The van der Waals surface area contributed by atoms with Gasteiger partial charge in [-0.15, -0.1) is 0 Å². The van der Waals surface area contributed by atoms with E-state index in [0.29, 0.717) is 0 Å². The van der Waals surface area contributed by atoms with Gasteiger partial charge in [-0.2, -0.15) is 13.2 Å². The van der Waals surface area contributed by atoms with Gasteiger partial charge in [-0.3, -0.25) is 19.9 Å². The van der Waals surface area contributed by atoms with Crippen molar-refractivity contribution < 1.29 is 33.1 Å². The summed E-state index contributed by atoms with van der Waals surface area (Å²) in [5.41, 5.74) is -3.29. The number of aliphatic imine (C=N–C) groups is 1. The van der Waals surface area contributed by atoms with Crippen molar-refractivity contribution in [3.8, 4) is 22.8 Å². The number of benzene rings is 1. The van der Waals surface area contributed by atoms with E-state index in [1.54, 1.807) is 0 Å². The maximum absolute atomic E-state index is 13.2. The van der Waals surface area contributed by atoms with E-state index in [1.165, 1.54) is 6.07 Å². The number of carbonyl (C=O) groups excluding carboxylic acids is 1. The average Bonchev–Trinajstić information content (AvgIpc) is 2.62. The fourth-order valence-electron chi connectivity index (χ4n) is 2.50. The van der Waals surface area contributed by atoms with Gasteiger partial charge in [-0.25, -0.2) is 9.97 Å². The summed E-state index contributed by atoms with van der Waals surface area (Å²) in [6, 6.07) is 3.03. The van der Waals surface area contributed by atoms with Gasteiger partial charge in [0.05, 0.1) is 16.2 Å². The first-order chi connectivity index (χ1) is 13.1. The monoisotopic (exact) mass is 394 g/mol. The van der Waals surface area contributed by atoms with Crippen molar-refractivity contribution >= 4 is 23.3 Å². The van der Waals surface area contributed by atoms with Crippen LogP contribution in [0.15, 0.2) is 35.1 Å². The van der Waals surface area contributed by atoms with Crippen LogP contribution < -0.4 is 0 Å². The van der Waals surface area contributed by atoms with E-state index in [-0.39, 0.29) is 17.7 Å². The zero-order chi connectivity index (χ0) is 20.6. The van der Waals surface area contributed by atoms with Gasteiger partial charge in [0, 0.05) is 30.5 Å². The highest BCUT2D eigenvalue weighted by Crippen LogP contribution is 2.39. The van der Waals surface area contributed by atoms with E-state index in [0.717, 1.165) is 24.5 Å². The molecule has 0 radical (unpaired) electrons. The van der Waals surface area contributed by atoms with E-state index in [1.807, 2.05) is 0 Å². The number of Topliss-reactive ketones (excluding diaryl/α,β-unsaturated/α-hetero) is 1. The summed E-state index contributed by atoms with van der Waals surface area (Å²) in [6.45, 7) is 0. The molecule has 9 nitrogen and oxygen atoms in total. The lowest BCUT2D eigenvalue weighted by atomic mass is 10.0. The van der Waals surface area contributed by atoms with Gasteiger partial charge in [-0.1, -0.05) is 0 Å². The number of ketones is 1. The second kappa shape index (κ2) is 6.72. The van der Waals surface area contributed by atoms with E-state index in [2.05, 4.69) is 15.0 Å². The number of phenols is 2. The quantitative estimate of drug-likeness (QED) is 0.464. The summed E-state index contributed by atoms with van der Waals surface area (Å²) in [5.74, 6) is -3.25. The molecule has 0 unspecified atom stereocenters. The first-order valence-electron chi connectivity index (χ1n) is 7.51. The molecular weight excluding hydrogens is 385 g/mol. The fraction of sp³-hybridized carbons (Fsp3) is 0.125. The van der Waals surface area contributed by atoms with E-state index >= 15 is 0 Å². The molecular formula is C16H9F3N4O5. The lowest BCUT2D eigenvalue weighted by Crippen LogP contribution is -2.21. The SMILES string of the molecule is O=C1CC=NC(C(F)(F)F)=C1c1nccc(-c2cc(O)c(O)c([N+](=O)[O-])c2)n1. The van der Waals surface area contributed by atoms with Crippen LogP contribution in [0, 0.1) is 10.1 Å². The Morgan fingerprint density at radius 3 is 2.57 bits per heavy atom. The number of aromatic hydroxyl groups is 2. The lowest BCUT2D eigenvalue weighted by Gasteiger charge is -2.16. The Morgan fingerprint density at radius 2 is 1.93 bits per heavy atom. The Kier molecular flexibility index (Phi) is 4.55. The number of hydrogen-bond acceptors (Lipinski definition) is 8. The van der Waals surface area contributed by atoms with Crippen LogP contribution in [0.2, 0.25) is 0 Å². The standard InChI is InChI=1S/C16H9F3N4O5/c17-16(18,19)14-12(10(24)2-4-20-14)15-21-3-1-8(22-15)7-5-9(23(27)28)13(26)11(25)6-7/h1,3-6,25-26H,2H2. The third kappa shape index (κ3) is 3.39. The molecule has 0 saturated heterocycles. The van der Waals surface area contributed by atoms with Crippen LogP contribution in [-0.4, -0.2) is 43.3 Å². The summed E-state index contributed by atoms with van der Waals surface area (Å²) in [4.78, 5) is 32.9. The Hall–Kier alpha value is -3.83. The van der Waals surface area contributed by atoms with Crippen molar-refractivity contribution in [2.45, 2.75) is 12.6 Å². The van der Waals surface area contributed by atoms with Gasteiger partial charge in [0.25, 0.3) is 0 Å². The molecule has 1 aliphatic rings. The molecule has 2 heterocycles. The molecule has 2 N–H and O–H groups in total. The minimum absolute atomic E-state index is 0.0773. The van der Waals surface area contributed by atoms with E-state index < -0.39 is 51.2 Å². The molecule has 28 heavy (non-hydrogen) atoms. The zero-order valence-corrected chi connectivity index (χ0v) is 13.6. The predicted octanol–water partition coefficient (Wildman–Crippen LogP) is 2.78. The number of hydrogen-bond donors (Lipinski definition) is 2. The highest BCUT2D eigenvalue weighted by Gasteiger charge is 2.40. The number of halogens is 3. The van der Waals surface area contributed by atoms with Crippen LogP contribution in [0.25, 0.3) is 16.8 Å². The summed E-state index contributed by atoms with van der Waals surface area (Å²) >= 11 is 0. The number of nitrogens with zero attached hydrogens (tertiary/aromatic N) is 4. The van der Waals surface area contributed by atoms with Crippen LogP contribution >= 0.6 is 0 Å². The number of phenolic OH excluding ortho intramolecular Hbond substituents is 2. The summed E-state index contributed by atoms with van der Waals surface area (Å²) < 4.78 is 39.6. The van der Waals surface area contributed by atoms with Crippen LogP contribution in [-0.2, 0) is 4.79 Å². The van der Waals surface area contributed by atoms with Crippen LogP contribution in [0.1, 0.15) is 12.2 Å². The third-order valence-corrected chi connectivity index (χ3v) is 3.72. The number of allylic oxidation sites excluding steroid dienone is 2. The molecule has 0 bridgehead atoms.